The van der Waals surface area contributed by atoms with Crippen molar-refractivity contribution in [2.75, 3.05) is 25.6 Å². The normalized spacial score (nSPS) is 17.7. The molecule has 0 heterocycles. The molecule has 0 saturated heterocycles. The third kappa shape index (κ3) is 5.17. The Morgan fingerprint density at radius 2 is 2.00 bits per heavy atom. The van der Waals surface area contributed by atoms with Gasteiger partial charge in [0.2, 0.25) is 0 Å². The lowest BCUT2D eigenvalue weighted by Gasteiger charge is -2.33. The summed E-state index contributed by atoms with van der Waals surface area (Å²) in [4.78, 5) is 13.1. The Morgan fingerprint density at radius 1 is 1.31 bits per heavy atom. The minimum Gasteiger partial charge on any atom is -0.465 e. The van der Waals surface area contributed by atoms with Crippen LogP contribution in [-0.2, 0) is 9.53 Å². The standard InChI is InChI=1S/C12H22ClNO2/c1-11(15)16-10-9-14(8-7-13)12-5-3-2-4-6-12/h12H,2-10H2,1H3. The number of hydrogen-bond donors (Lipinski definition) is 0. The van der Waals surface area contributed by atoms with Crippen LogP contribution in [0.3, 0.4) is 0 Å². The van der Waals surface area contributed by atoms with Gasteiger partial charge in [-0.15, -0.1) is 11.6 Å². The van der Waals surface area contributed by atoms with Crippen LogP contribution in [0.2, 0.25) is 0 Å². The highest BCUT2D eigenvalue weighted by molar-refractivity contribution is 6.18. The van der Waals surface area contributed by atoms with Gasteiger partial charge in [0, 0.05) is 31.9 Å². The van der Waals surface area contributed by atoms with E-state index in [1.807, 2.05) is 0 Å². The Balaban J connectivity index is 2.30. The lowest BCUT2D eigenvalue weighted by atomic mass is 9.94. The average molecular weight is 248 g/mol. The van der Waals surface area contributed by atoms with Gasteiger partial charge in [0.15, 0.2) is 0 Å². The number of rotatable bonds is 6. The fourth-order valence-electron chi connectivity index (χ4n) is 2.34. The predicted molar refractivity (Wildman–Crippen MR) is 65.8 cm³/mol. The quantitative estimate of drug-likeness (QED) is 0.533. The van der Waals surface area contributed by atoms with E-state index in [4.69, 9.17) is 16.3 Å². The molecule has 1 rings (SSSR count). The van der Waals surface area contributed by atoms with Crippen LogP contribution in [0.15, 0.2) is 0 Å². The summed E-state index contributed by atoms with van der Waals surface area (Å²) in [6.07, 6.45) is 6.51. The van der Waals surface area contributed by atoms with Crippen molar-refractivity contribution in [3.8, 4) is 0 Å². The number of alkyl halides is 1. The highest BCUT2D eigenvalue weighted by Gasteiger charge is 2.20. The van der Waals surface area contributed by atoms with Gasteiger partial charge in [-0.05, 0) is 12.8 Å². The number of carbonyl (C=O) groups is 1. The Morgan fingerprint density at radius 3 is 2.56 bits per heavy atom. The van der Waals surface area contributed by atoms with Gasteiger partial charge in [-0.2, -0.15) is 0 Å². The molecule has 3 nitrogen and oxygen atoms in total. The number of nitrogens with zero attached hydrogens (tertiary/aromatic N) is 1. The molecule has 0 atom stereocenters. The van der Waals surface area contributed by atoms with Crippen LogP contribution in [0.1, 0.15) is 39.0 Å². The Labute approximate surface area is 103 Å². The average Bonchev–Trinajstić information content (AvgIpc) is 2.29. The van der Waals surface area contributed by atoms with Crippen LogP contribution in [0.5, 0.6) is 0 Å². The Hall–Kier alpha value is -0.280. The maximum Gasteiger partial charge on any atom is 0.302 e. The fourth-order valence-corrected chi connectivity index (χ4v) is 2.56. The van der Waals surface area contributed by atoms with E-state index in [2.05, 4.69) is 4.90 Å². The molecule has 1 aliphatic carbocycles. The Kier molecular flexibility index (Phi) is 6.81. The molecule has 0 aromatic rings. The molecule has 0 N–H and O–H groups in total. The molecule has 0 aromatic heterocycles. The molecule has 0 spiro atoms. The molecule has 1 saturated carbocycles. The zero-order valence-corrected chi connectivity index (χ0v) is 10.8. The highest BCUT2D eigenvalue weighted by atomic mass is 35.5. The van der Waals surface area contributed by atoms with Crippen molar-refractivity contribution in [3.05, 3.63) is 0 Å². The minimum absolute atomic E-state index is 0.200. The second kappa shape index (κ2) is 7.91. The van der Waals surface area contributed by atoms with Crippen molar-refractivity contribution in [3.63, 3.8) is 0 Å². The molecule has 4 heteroatoms. The predicted octanol–water partition coefficient (Wildman–Crippen LogP) is 2.42. The molecule has 0 aromatic carbocycles. The number of ether oxygens (including phenoxy) is 1. The minimum atomic E-state index is -0.200. The van der Waals surface area contributed by atoms with Crippen LogP contribution >= 0.6 is 11.6 Å². The molecule has 0 unspecified atom stereocenters. The first-order chi connectivity index (χ1) is 7.74. The number of hydrogen-bond acceptors (Lipinski definition) is 3. The topological polar surface area (TPSA) is 29.5 Å². The number of carbonyl (C=O) groups excluding carboxylic acids is 1. The van der Waals surface area contributed by atoms with Crippen molar-refractivity contribution in [2.45, 2.75) is 45.1 Å². The summed E-state index contributed by atoms with van der Waals surface area (Å²) in [5.74, 6) is 0.450. The summed E-state index contributed by atoms with van der Waals surface area (Å²) in [5.41, 5.74) is 0. The van der Waals surface area contributed by atoms with Gasteiger partial charge in [-0.25, -0.2) is 0 Å². The van der Waals surface area contributed by atoms with E-state index >= 15 is 0 Å². The van der Waals surface area contributed by atoms with E-state index in [-0.39, 0.29) is 5.97 Å². The summed E-state index contributed by atoms with van der Waals surface area (Å²) in [7, 11) is 0. The van der Waals surface area contributed by atoms with Crippen molar-refractivity contribution in [2.24, 2.45) is 0 Å². The molecule has 1 aliphatic rings. The van der Waals surface area contributed by atoms with Crippen molar-refractivity contribution in [1.82, 2.24) is 4.90 Å². The Bertz CT molecular complexity index is 205. The van der Waals surface area contributed by atoms with Gasteiger partial charge in [0.25, 0.3) is 0 Å². The summed E-state index contributed by atoms with van der Waals surface area (Å²) in [6, 6.07) is 0.642. The summed E-state index contributed by atoms with van der Waals surface area (Å²) in [6.45, 7) is 3.65. The zero-order chi connectivity index (χ0) is 11.8. The van der Waals surface area contributed by atoms with E-state index in [0.717, 1.165) is 13.1 Å². The largest absolute Gasteiger partial charge is 0.465 e. The van der Waals surface area contributed by atoms with Gasteiger partial charge in [-0.1, -0.05) is 19.3 Å². The molecule has 1 fully saturated rings. The monoisotopic (exact) mass is 247 g/mol. The SMILES string of the molecule is CC(=O)OCCN(CCCl)C1CCCCC1. The highest BCUT2D eigenvalue weighted by Crippen LogP contribution is 2.22. The molecule has 94 valence electrons. The van der Waals surface area contributed by atoms with Crippen molar-refractivity contribution < 1.29 is 9.53 Å². The first kappa shape index (κ1) is 13.8. The lowest BCUT2D eigenvalue weighted by molar-refractivity contribution is -0.141. The van der Waals surface area contributed by atoms with E-state index in [1.165, 1.54) is 39.0 Å². The fraction of sp³-hybridized carbons (Fsp3) is 0.917. The second-order valence-corrected chi connectivity index (χ2v) is 4.73. The van der Waals surface area contributed by atoms with Gasteiger partial charge < -0.3 is 4.74 Å². The van der Waals surface area contributed by atoms with E-state index in [0.29, 0.717) is 18.5 Å². The van der Waals surface area contributed by atoms with Crippen LogP contribution < -0.4 is 0 Å². The van der Waals surface area contributed by atoms with Gasteiger partial charge >= 0.3 is 5.97 Å². The van der Waals surface area contributed by atoms with Crippen LogP contribution in [0.25, 0.3) is 0 Å². The van der Waals surface area contributed by atoms with Gasteiger partial charge in [0.05, 0.1) is 0 Å². The summed E-state index contributed by atoms with van der Waals surface area (Å²) < 4.78 is 4.99. The molecular formula is C12H22ClNO2. The van der Waals surface area contributed by atoms with Crippen LogP contribution in [0, 0.1) is 0 Å². The van der Waals surface area contributed by atoms with Crippen LogP contribution in [0.4, 0.5) is 0 Å². The molecule has 16 heavy (non-hydrogen) atoms. The molecule has 0 amide bonds. The molecule has 0 radical (unpaired) electrons. The lowest BCUT2D eigenvalue weighted by Crippen LogP contribution is -2.40. The first-order valence-electron chi connectivity index (χ1n) is 6.17. The van der Waals surface area contributed by atoms with Crippen molar-refractivity contribution in [1.29, 1.82) is 0 Å². The van der Waals surface area contributed by atoms with Crippen LogP contribution in [-0.4, -0.2) is 42.5 Å². The third-order valence-electron chi connectivity index (χ3n) is 3.15. The molecule has 0 aliphatic heterocycles. The first-order valence-corrected chi connectivity index (χ1v) is 6.71. The second-order valence-electron chi connectivity index (χ2n) is 4.36. The molecular weight excluding hydrogens is 226 g/mol. The number of esters is 1. The summed E-state index contributed by atoms with van der Waals surface area (Å²) >= 11 is 5.81. The zero-order valence-electron chi connectivity index (χ0n) is 10.1. The van der Waals surface area contributed by atoms with E-state index < -0.39 is 0 Å². The van der Waals surface area contributed by atoms with Crippen molar-refractivity contribution >= 4 is 17.6 Å². The smallest absolute Gasteiger partial charge is 0.302 e. The summed E-state index contributed by atoms with van der Waals surface area (Å²) in [5, 5.41) is 0. The van der Waals surface area contributed by atoms with Gasteiger partial charge in [0.1, 0.15) is 6.61 Å². The van der Waals surface area contributed by atoms with E-state index in [1.54, 1.807) is 0 Å². The molecule has 0 bridgehead atoms. The number of halogens is 1. The van der Waals surface area contributed by atoms with Gasteiger partial charge in [-0.3, -0.25) is 9.69 Å². The maximum absolute atomic E-state index is 10.7. The van der Waals surface area contributed by atoms with E-state index in [9.17, 15) is 4.79 Å². The maximum atomic E-state index is 10.7. The third-order valence-corrected chi connectivity index (χ3v) is 3.32.